The molecular formula is C17H15N3O2. The van der Waals surface area contributed by atoms with Crippen molar-refractivity contribution >= 4 is 6.47 Å². The van der Waals surface area contributed by atoms with E-state index in [1.807, 2.05) is 42.7 Å². The molecule has 22 heavy (non-hydrogen) atoms. The third-order valence-corrected chi connectivity index (χ3v) is 3.66. The zero-order chi connectivity index (χ0) is 15.3. The fourth-order valence-corrected chi connectivity index (χ4v) is 2.63. The Bertz CT molecular complexity index is 673. The van der Waals surface area contributed by atoms with Crippen molar-refractivity contribution in [2.75, 3.05) is 0 Å². The van der Waals surface area contributed by atoms with E-state index in [1.165, 1.54) is 0 Å². The number of ether oxygens (including phenoxy) is 1. The molecule has 3 rings (SSSR count). The van der Waals surface area contributed by atoms with E-state index >= 15 is 0 Å². The molecule has 0 atom stereocenters. The molecule has 0 amide bonds. The van der Waals surface area contributed by atoms with Gasteiger partial charge in [0.25, 0.3) is 6.47 Å². The Morgan fingerprint density at radius 3 is 2.05 bits per heavy atom. The molecule has 3 aromatic heterocycles. The van der Waals surface area contributed by atoms with Crippen molar-refractivity contribution < 1.29 is 9.53 Å². The number of pyridine rings is 2. The molecule has 0 aromatic carbocycles. The maximum Gasteiger partial charge on any atom is 0.294 e. The number of nitrogens with zero attached hydrogens (tertiary/aromatic N) is 2. The van der Waals surface area contributed by atoms with Crippen LogP contribution in [0.4, 0.5) is 0 Å². The lowest BCUT2D eigenvalue weighted by Crippen LogP contribution is -2.33. The third kappa shape index (κ3) is 2.61. The highest BCUT2D eigenvalue weighted by Gasteiger charge is 2.37. The second-order valence-electron chi connectivity index (χ2n) is 4.91. The summed E-state index contributed by atoms with van der Waals surface area (Å²) in [6, 6.07) is 9.39. The van der Waals surface area contributed by atoms with Gasteiger partial charge in [0.2, 0.25) is 0 Å². The minimum absolute atomic E-state index is 0.494. The van der Waals surface area contributed by atoms with E-state index in [0.717, 1.165) is 16.7 Å². The number of hydrogen-bond donors (Lipinski definition) is 1. The van der Waals surface area contributed by atoms with Gasteiger partial charge in [0.05, 0.1) is 0 Å². The van der Waals surface area contributed by atoms with E-state index in [4.69, 9.17) is 4.74 Å². The van der Waals surface area contributed by atoms with Gasteiger partial charge in [-0.25, -0.2) is 0 Å². The molecule has 110 valence electrons. The molecule has 0 bridgehead atoms. The van der Waals surface area contributed by atoms with Gasteiger partial charge >= 0.3 is 0 Å². The van der Waals surface area contributed by atoms with Crippen LogP contribution in [0.1, 0.15) is 16.7 Å². The van der Waals surface area contributed by atoms with Gasteiger partial charge in [-0.05, 0) is 35.9 Å². The number of H-pyrrole nitrogens is 1. The Morgan fingerprint density at radius 1 is 1.00 bits per heavy atom. The second kappa shape index (κ2) is 6.22. The maximum atomic E-state index is 11.2. The quantitative estimate of drug-likeness (QED) is 0.709. The topological polar surface area (TPSA) is 67.9 Å². The molecule has 0 aliphatic heterocycles. The van der Waals surface area contributed by atoms with Crippen LogP contribution in [0.25, 0.3) is 0 Å². The highest BCUT2D eigenvalue weighted by atomic mass is 16.5. The van der Waals surface area contributed by atoms with Gasteiger partial charge in [-0.15, -0.1) is 0 Å². The molecule has 1 N–H and O–H groups in total. The Kier molecular flexibility index (Phi) is 3.96. The predicted molar refractivity (Wildman–Crippen MR) is 80.9 cm³/mol. The SMILES string of the molecule is O=COC(Cc1cc[nH]c1)(c1ccncc1)c1ccncc1. The molecule has 0 fully saturated rings. The van der Waals surface area contributed by atoms with Crippen molar-refractivity contribution in [3.8, 4) is 0 Å². The first kappa shape index (κ1) is 14.0. The summed E-state index contributed by atoms with van der Waals surface area (Å²) in [4.78, 5) is 22.4. The lowest BCUT2D eigenvalue weighted by Gasteiger charge is -2.32. The van der Waals surface area contributed by atoms with Crippen molar-refractivity contribution in [1.29, 1.82) is 0 Å². The molecule has 0 saturated carbocycles. The molecule has 5 heteroatoms. The lowest BCUT2D eigenvalue weighted by atomic mass is 9.82. The van der Waals surface area contributed by atoms with Gasteiger partial charge < -0.3 is 9.72 Å². The molecule has 3 aromatic rings. The summed E-state index contributed by atoms with van der Waals surface area (Å²) < 4.78 is 5.63. The Morgan fingerprint density at radius 2 is 1.59 bits per heavy atom. The third-order valence-electron chi connectivity index (χ3n) is 3.66. The molecule has 3 heterocycles. The zero-order valence-corrected chi connectivity index (χ0v) is 11.8. The summed E-state index contributed by atoms with van der Waals surface area (Å²) in [5.41, 5.74) is 1.86. The van der Waals surface area contributed by atoms with Crippen molar-refractivity contribution in [2.45, 2.75) is 12.0 Å². The van der Waals surface area contributed by atoms with Crippen LogP contribution in [-0.2, 0) is 21.6 Å². The standard InChI is InChI=1S/C17H15N3O2/c21-13-22-17(11-14-1-6-20-12-14,15-2-7-18-8-3-15)16-4-9-19-10-5-16/h1-10,12-13,20H,11H2. The van der Waals surface area contributed by atoms with E-state index in [2.05, 4.69) is 15.0 Å². The van der Waals surface area contributed by atoms with Gasteiger partial charge in [-0.3, -0.25) is 14.8 Å². The fourth-order valence-electron chi connectivity index (χ4n) is 2.63. The number of carbonyl (C=O) groups excluding carboxylic acids is 1. The highest BCUT2D eigenvalue weighted by Crippen LogP contribution is 2.36. The van der Waals surface area contributed by atoms with Crippen LogP contribution in [0, 0.1) is 0 Å². The number of rotatable bonds is 6. The van der Waals surface area contributed by atoms with E-state index < -0.39 is 5.60 Å². The summed E-state index contributed by atoms with van der Waals surface area (Å²) in [6.07, 6.45) is 11.0. The van der Waals surface area contributed by atoms with Gasteiger partial charge in [-0.2, -0.15) is 0 Å². The number of hydrogen-bond acceptors (Lipinski definition) is 4. The second-order valence-corrected chi connectivity index (χ2v) is 4.91. The summed E-state index contributed by atoms with van der Waals surface area (Å²) >= 11 is 0. The summed E-state index contributed by atoms with van der Waals surface area (Å²) in [6.45, 7) is 0.494. The smallest absolute Gasteiger partial charge is 0.294 e. The highest BCUT2D eigenvalue weighted by molar-refractivity contribution is 5.46. The van der Waals surface area contributed by atoms with Crippen LogP contribution in [0.5, 0.6) is 0 Å². The van der Waals surface area contributed by atoms with Crippen molar-refractivity contribution in [3.05, 3.63) is 84.2 Å². The Hall–Kier alpha value is -2.95. The number of carbonyl (C=O) groups is 1. The lowest BCUT2D eigenvalue weighted by molar-refractivity contribution is -0.140. The molecule has 0 unspecified atom stereocenters. The van der Waals surface area contributed by atoms with Crippen LogP contribution < -0.4 is 0 Å². The van der Waals surface area contributed by atoms with Gasteiger partial charge in [0, 0.05) is 54.7 Å². The van der Waals surface area contributed by atoms with Gasteiger partial charge in [-0.1, -0.05) is 0 Å². The summed E-state index contributed by atoms with van der Waals surface area (Å²) in [7, 11) is 0. The van der Waals surface area contributed by atoms with Crippen molar-refractivity contribution in [3.63, 3.8) is 0 Å². The minimum atomic E-state index is -0.907. The molecule has 0 spiro atoms. The summed E-state index contributed by atoms with van der Waals surface area (Å²) in [5, 5.41) is 0. The first-order valence-corrected chi connectivity index (χ1v) is 6.89. The van der Waals surface area contributed by atoms with Crippen LogP contribution in [0.3, 0.4) is 0 Å². The molecule has 0 radical (unpaired) electrons. The van der Waals surface area contributed by atoms with E-state index in [1.54, 1.807) is 24.8 Å². The van der Waals surface area contributed by atoms with E-state index in [9.17, 15) is 4.79 Å². The average Bonchev–Trinajstić information content (AvgIpc) is 3.09. The van der Waals surface area contributed by atoms with Gasteiger partial charge in [0.15, 0.2) is 5.60 Å². The average molecular weight is 293 g/mol. The predicted octanol–water partition coefficient (Wildman–Crippen LogP) is 2.46. The van der Waals surface area contributed by atoms with Crippen molar-refractivity contribution in [2.24, 2.45) is 0 Å². The zero-order valence-electron chi connectivity index (χ0n) is 11.8. The van der Waals surface area contributed by atoms with Gasteiger partial charge in [0.1, 0.15) is 0 Å². The van der Waals surface area contributed by atoms with Crippen LogP contribution >= 0.6 is 0 Å². The largest absolute Gasteiger partial charge is 0.451 e. The fraction of sp³-hybridized carbons (Fsp3) is 0.118. The number of nitrogens with one attached hydrogen (secondary N) is 1. The number of aromatic nitrogens is 3. The molecule has 0 saturated heterocycles. The van der Waals surface area contributed by atoms with Crippen molar-refractivity contribution in [1.82, 2.24) is 15.0 Å². The molecule has 0 aliphatic rings. The summed E-state index contributed by atoms with van der Waals surface area (Å²) in [5.74, 6) is 0. The molecular weight excluding hydrogens is 278 g/mol. The minimum Gasteiger partial charge on any atom is -0.451 e. The normalized spacial score (nSPS) is 11.1. The Labute approximate surface area is 128 Å². The Balaban J connectivity index is 2.16. The molecule has 5 nitrogen and oxygen atoms in total. The monoisotopic (exact) mass is 293 g/mol. The first-order chi connectivity index (χ1) is 10.8. The van der Waals surface area contributed by atoms with Crippen LogP contribution in [0.2, 0.25) is 0 Å². The molecule has 0 aliphatic carbocycles. The van der Waals surface area contributed by atoms with Crippen LogP contribution in [0.15, 0.2) is 67.5 Å². The van der Waals surface area contributed by atoms with E-state index in [-0.39, 0.29) is 0 Å². The number of aromatic amines is 1. The van der Waals surface area contributed by atoms with Crippen LogP contribution in [-0.4, -0.2) is 21.4 Å². The van der Waals surface area contributed by atoms with E-state index in [0.29, 0.717) is 12.9 Å². The first-order valence-electron chi connectivity index (χ1n) is 6.89. The maximum absolute atomic E-state index is 11.2.